The maximum absolute atomic E-state index is 8.12. The first-order valence-electron chi connectivity index (χ1n) is 16.0. The Morgan fingerprint density at radius 2 is 1.29 bits per heavy atom. The van der Waals surface area contributed by atoms with Gasteiger partial charge >= 0.3 is 11.8 Å². The third-order valence-electron chi connectivity index (χ3n) is 6.57. The summed E-state index contributed by atoms with van der Waals surface area (Å²) in [7, 11) is 0. The zero-order valence-corrected chi connectivity index (χ0v) is 31.0. The number of hydrogen-bond donors (Lipinski definition) is 1. The van der Waals surface area contributed by atoms with Gasteiger partial charge in [0.2, 0.25) is 0 Å². The Labute approximate surface area is 273 Å². The van der Waals surface area contributed by atoms with Crippen LogP contribution in [0.2, 0.25) is 0 Å². The van der Waals surface area contributed by atoms with Gasteiger partial charge in [-0.25, -0.2) is 6.57 Å². The zero-order chi connectivity index (χ0) is 35.6. The van der Waals surface area contributed by atoms with Crippen LogP contribution in [0.3, 0.4) is 0 Å². The Kier molecular flexibility index (Phi) is 18.9. The zero-order valence-electron chi connectivity index (χ0n) is 31.0. The van der Waals surface area contributed by atoms with E-state index in [0.717, 1.165) is 51.2 Å². The van der Waals surface area contributed by atoms with Gasteiger partial charge in [0, 0.05) is 32.6 Å². The van der Waals surface area contributed by atoms with Crippen LogP contribution >= 0.6 is 0 Å². The predicted molar refractivity (Wildman–Crippen MR) is 183 cm³/mol. The molecule has 2 aliphatic heterocycles. The number of hydrogen-bond acceptors (Lipinski definition) is 11. The van der Waals surface area contributed by atoms with Crippen molar-refractivity contribution in [3.63, 3.8) is 0 Å². The van der Waals surface area contributed by atoms with Gasteiger partial charge in [-0.1, -0.05) is 20.3 Å². The van der Waals surface area contributed by atoms with Crippen LogP contribution < -0.4 is 5.32 Å². The Morgan fingerprint density at radius 3 is 1.69 bits per heavy atom. The first-order chi connectivity index (χ1) is 20.4. The number of nitrogens with one attached hydrogen (secondary N) is 1. The molecule has 2 heterocycles. The maximum Gasteiger partial charge on any atom is 0.373 e. The lowest BCUT2D eigenvalue weighted by atomic mass is 9.97. The average molecular weight is 631 g/mol. The van der Waals surface area contributed by atoms with Crippen LogP contribution in [-0.2, 0) is 9.59 Å². The van der Waals surface area contributed by atoms with Gasteiger partial charge in [0.15, 0.2) is 0 Å². The number of nitrogens with zero attached hydrogens (tertiary/aromatic N) is 9. The van der Waals surface area contributed by atoms with Gasteiger partial charge < -0.3 is 5.32 Å². The van der Waals surface area contributed by atoms with Gasteiger partial charge in [-0.3, -0.25) is 14.8 Å². The molecule has 1 N–H and O–H groups in total. The molecule has 0 atom stereocenters. The van der Waals surface area contributed by atoms with Crippen molar-refractivity contribution in [3.05, 3.63) is 11.4 Å². The lowest BCUT2D eigenvalue weighted by molar-refractivity contribution is -0.191. The van der Waals surface area contributed by atoms with Crippen molar-refractivity contribution in [2.24, 2.45) is 40.7 Å². The Balaban J connectivity index is 0. The van der Waals surface area contributed by atoms with E-state index in [1.54, 1.807) is 13.8 Å². The maximum atomic E-state index is 8.12. The highest BCUT2D eigenvalue weighted by Crippen LogP contribution is 2.24. The van der Waals surface area contributed by atoms with Crippen molar-refractivity contribution >= 4 is 17.7 Å². The van der Waals surface area contributed by atoms with Crippen molar-refractivity contribution in [3.8, 4) is 0 Å². The molecule has 12 nitrogen and oxygen atoms in total. The molecule has 0 fully saturated rings. The monoisotopic (exact) mass is 631 g/mol. The third-order valence-corrected chi connectivity index (χ3v) is 6.57. The Morgan fingerprint density at radius 1 is 0.756 bits per heavy atom. The molecular weight excluding hydrogens is 568 g/mol. The topological polar surface area (TPSA) is 149 Å². The fourth-order valence-corrected chi connectivity index (χ4v) is 3.50. The summed E-state index contributed by atoms with van der Waals surface area (Å²) >= 11 is 0. The first-order valence-corrected chi connectivity index (χ1v) is 16.0. The van der Waals surface area contributed by atoms with Gasteiger partial charge in [-0.2, -0.15) is 35.2 Å². The van der Waals surface area contributed by atoms with Crippen molar-refractivity contribution in [1.82, 2.24) is 5.32 Å². The molecule has 0 aromatic rings. The second-order valence-electron chi connectivity index (χ2n) is 14.9. The molecule has 0 saturated carbocycles. The van der Waals surface area contributed by atoms with Gasteiger partial charge in [0.1, 0.15) is 16.9 Å². The van der Waals surface area contributed by atoms with Gasteiger partial charge in [-0.05, 0) is 102 Å². The van der Waals surface area contributed by atoms with Crippen molar-refractivity contribution in [2.45, 2.75) is 169 Å². The van der Waals surface area contributed by atoms with Crippen molar-refractivity contribution in [2.75, 3.05) is 19.6 Å². The lowest BCUT2D eigenvalue weighted by Crippen LogP contribution is -2.39. The summed E-state index contributed by atoms with van der Waals surface area (Å²) < 4.78 is 0. The lowest BCUT2D eigenvalue weighted by Gasteiger charge is -2.23. The SMILES string of the molecule is CC(C)(N=NC(C)(C)C1=NCCN1)C1=NCCC1.CCCC(C)(C)N=NC(C)(C)CC.O=C=O.[C-]#[N+]C(C)(C)N=NC(C)(C)C. The van der Waals surface area contributed by atoms with E-state index in [2.05, 4.69) is 106 Å². The number of amidine groups is 1. The molecule has 0 saturated heterocycles. The van der Waals surface area contributed by atoms with Crippen LogP contribution in [-0.4, -0.2) is 70.7 Å². The largest absolute Gasteiger partial charge is 0.373 e. The van der Waals surface area contributed by atoms with Crippen LogP contribution in [0.4, 0.5) is 0 Å². The molecule has 0 aliphatic carbocycles. The second-order valence-corrected chi connectivity index (χ2v) is 14.9. The smallest absolute Gasteiger partial charge is 0.370 e. The molecule has 45 heavy (non-hydrogen) atoms. The molecule has 0 unspecified atom stereocenters. The molecule has 0 bridgehead atoms. The number of carbonyl (C=O) groups excluding carboxylic acids is 2. The van der Waals surface area contributed by atoms with Crippen molar-refractivity contribution < 1.29 is 9.59 Å². The van der Waals surface area contributed by atoms with E-state index in [1.165, 1.54) is 12.1 Å². The van der Waals surface area contributed by atoms with Crippen LogP contribution in [0, 0.1) is 6.57 Å². The molecule has 0 aromatic heterocycles. The third kappa shape index (κ3) is 21.2. The highest BCUT2D eigenvalue weighted by Gasteiger charge is 2.31. The normalized spacial score (nSPS) is 16.0. The highest BCUT2D eigenvalue weighted by molar-refractivity contribution is 5.94. The van der Waals surface area contributed by atoms with Crippen molar-refractivity contribution in [1.29, 1.82) is 0 Å². The van der Waals surface area contributed by atoms with E-state index in [9.17, 15) is 0 Å². The summed E-state index contributed by atoms with van der Waals surface area (Å²) in [5.74, 6) is 0.940. The molecule has 12 heteroatoms. The van der Waals surface area contributed by atoms with Crippen LogP contribution in [0.25, 0.3) is 4.85 Å². The quantitative estimate of drug-likeness (QED) is 0.190. The molecule has 2 aliphatic rings. The minimum Gasteiger partial charge on any atom is -0.370 e. The van der Waals surface area contributed by atoms with Gasteiger partial charge in [-0.15, -0.1) is 5.11 Å². The van der Waals surface area contributed by atoms with E-state index in [4.69, 9.17) is 16.2 Å². The Hall–Kier alpha value is -3.19. The summed E-state index contributed by atoms with van der Waals surface area (Å²) in [6.45, 7) is 39.9. The van der Waals surface area contributed by atoms with E-state index < -0.39 is 5.66 Å². The number of aliphatic imine (C=N–C) groups is 2. The molecule has 0 radical (unpaired) electrons. The summed E-state index contributed by atoms with van der Waals surface area (Å²) in [6, 6.07) is 0. The fourth-order valence-electron chi connectivity index (χ4n) is 3.50. The highest BCUT2D eigenvalue weighted by atomic mass is 16.2. The summed E-state index contributed by atoms with van der Waals surface area (Å²) in [4.78, 5) is 28.5. The summed E-state index contributed by atoms with van der Waals surface area (Å²) in [6.07, 6.45) is 5.76. The van der Waals surface area contributed by atoms with E-state index in [-0.39, 0.29) is 33.8 Å². The summed E-state index contributed by atoms with van der Waals surface area (Å²) in [5.41, 5.74) is -0.343. The first kappa shape index (κ1) is 43.9. The average Bonchev–Trinajstić information content (AvgIpc) is 3.67. The molecular formula is C33H62N10O2. The molecule has 256 valence electrons. The minimum atomic E-state index is -0.701. The molecule has 0 aromatic carbocycles. The van der Waals surface area contributed by atoms with Crippen LogP contribution in [0.5, 0.6) is 0 Å². The molecule has 0 spiro atoms. The fraction of sp³-hybridized carbons (Fsp3) is 0.879. The number of azo groups is 3. The Bertz CT molecular complexity index is 1070. The van der Waals surface area contributed by atoms with E-state index in [0.29, 0.717) is 0 Å². The standard InChI is InChI=1S/C13H23N5.C11H24N2.C8H15N3.CO2/c1-12(2,10-6-5-7-14-10)17-18-13(3,4)11-15-8-9-16-11;1-7-9-11(5,6)13-12-10(3,4)8-2;1-7(2,3)10-11-8(4,5)9-6;2-1-3/h5-9H2,1-4H3,(H,15,16);7-9H2,1-6H3;1-5H3;. The number of rotatable bonds is 10. The predicted octanol–water partition coefficient (Wildman–Crippen LogP) is 8.75. The van der Waals surface area contributed by atoms with Gasteiger partial charge in [0.05, 0.1) is 23.2 Å². The van der Waals surface area contributed by atoms with Crippen LogP contribution in [0.1, 0.15) is 136 Å². The molecule has 2 rings (SSSR count). The van der Waals surface area contributed by atoms with Gasteiger partial charge in [0.25, 0.3) is 0 Å². The van der Waals surface area contributed by atoms with E-state index in [1.807, 2.05) is 34.6 Å². The molecule has 0 amide bonds. The van der Waals surface area contributed by atoms with E-state index >= 15 is 0 Å². The second kappa shape index (κ2) is 19.4. The van der Waals surface area contributed by atoms with Crippen LogP contribution in [0.15, 0.2) is 40.7 Å². The summed E-state index contributed by atoms with van der Waals surface area (Å²) in [5, 5.41) is 29.0. The minimum absolute atomic E-state index is 0.00497.